The van der Waals surface area contributed by atoms with Gasteiger partial charge in [-0.1, -0.05) is 36.4 Å². The summed E-state index contributed by atoms with van der Waals surface area (Å²) in [5, 5.41) is 4.18. The molecule has 1 atom stereocenters. The van der Waals surface area contributed by atoms with Crippen LogP contribution in [0.1, 0.15) is 23.6 Å². The maximum Gasteiger partial charge on any atom is 0.247 e. The minimum Gasteiger partial charge on any atom is -0.283 e. The van der Waals surface area contributed by atoms with Crippen LogP contribution in [0.25, 0.3) is 0 Å². The first kappa shape index (κ1) is 19.3. The van der Waals surface area contributed by atoms with Gasteiger partial charge < -0.3 is 0 Å². The third-order valence-electron chi connectivity index (χ3n) is 4.01. The van der Waals surface area contributed by atoms with Gasteiger partial charge in [0, 0.05) is 17.5 Å². The fraction of sp³-hybridized carbons (Fsp3) is 0.235. The number of hydrazone groups is 1. The molecule has 0 saturated heterocycles. The van der Waals surface area contributed by atoms with Crippen LogP contribution in [0.2, 0.25) is 0 Å². The van der Waals surface area contributed by atoms with Crippen LogP contribution in [0.15, 0.2) is 53.6 Å². The van der Waals surface area contributed by atoms with Crippen LogP contribution in [-0.2, 0) is 20.0 Å². The van der Waals surface area contributed by atoms with Crippen LogP contribution in [0.4, 0.5) is 10.1 Å². The lowest BCUT2D eigenvalue weighted by atomic mass is 9.98. The lowest BCUT2D eigenvalue weighted by Gasteiger charge is -2.21. The number of nitrogens with one attached hydrogen (secondary N) is 1. The molecule has 2 aromatic carbocycles. The molecule has 1 heterocycles. The quantitative estimate of drug-likeness (QED) is 0.817. The highest BCUT2D eigenvalue weighted by Gasteiger charge is 2.36. The van der Waals surface area contributed by atoms with E-state index in [0.29, 0.717) is 11.3 Å². The summed E-state index contributed by atoms with van der Waals surface area (Å²) in [7, 11) is -7.31. The second-order valence-corrected chi connectivity index (χ2v) is 9.83. The van der Waals surface area contributed by atoms with Crippen LogP contribution in [-0.4, -0.2) is 39.5 Å². The molecule has 1 aliphatic heterocycles. The Kier molecular flexibility index (Phi) is 4.96. The number of benzene rings is 2. The summed E-state index contributed by atoms with van der Waals surface area (Å²) in [6, 6.07) is 11.6. The van der Waals surface area contributed by atoms with E-state index in [9.17, 15) is 21.2 Å². The van der Waals surface area contributed by atoms with E-state index in [1.807, 2.05) is 0 Å². The Hall–Kier alpha value is -2.46. The lowest BCUT2D eigenvalue weighted by Crippen LogP contribution is -2.26. The highest BCUT2D eigenvalue weighted by atomic mass is 32.2. The van der Waals surface area contributed by atoms with Gasteiger partial charge in [0.15, 0.2) is 0 Å². The Morgan fingerprint density at radius 2 is 1.67 bits per heavy atom. The molecule has 0 amide bonds. The molecule has 0 radical (unpaired) electrons. The molecular formula is C17H18FN3O4S2. The van der Waals surface area contributed by atoms with Gasteiger partial charge in [0.1, 0.15) is 5.82 Å². The molecule has 0 aromatic heterocycles. The highest BCUT2D eigenvalue weighted by molar-refractivity contribution is 7.92. The number of hydrogen-bond acceptors (Lipinski definition) is 5. The minimum absolute atomic E-state index is 0.108. The summed E-state index contributed by atoms with van der Waals surface area (Å²) in [5.74, 6) is -0.532. The fourth-order valence-corrected chi connectivity index (χ4v) is 4.43. The Morgan fingerprint density at radius 1 is 1.04 bits per heavy atom. The van der Waals surface area contributed by atoms with Gasteiger partial charge in [-0.05, 0) is 12.1 Å². The maximum atomic E-state index is 14.3. The van der Waals surface area contributed by atoms with Crippen molar-refractivity contribution in [2.24, 2.45) is 5.10 Å². The number of halogens is 1. The van der Waals surface area contributed by atoms with E-state index in [1.54, 1.807) is 30.3 Å². The molecule has 0 fully saturated rings. The van der Waals surface area contributed by atoms with E-state index in [0.717, 1.165) is 16.9 Å². The normalized spacial score (nSPS) is 17.7. The smallest absolute Gasteiger partial charge is 0.247 e. The summed E-state index contributed by atoms with van der Waals surface area (Å²) in [6.07, 6.45) is 2.12. The van der Waals surface area contributed by atoms with E-state index in [1.165, 1.54) is 18.2 Å². The van der Waals surface area contributed by atoms with E-state index < -0.39 is 31.9 Å². The minimum atomic E-state index is -3.77. The van der Waals surface area contributed by atoms with Crippen molar-refractivity contribution in [1.29, 1.82) is 0 Å². The van der Waals surface area contributed by atoms with Crippen LogP contribution in [0.3, 0.4) is 0 Å². The standard InChI is InChI=1S/C17H18FN3O4S2/c1-26(22,23)20-15-10-6-4-8-13(15)16-11-17(21(19-16)27(2,24)25)12-7-3-5-9-14(12)18/h3-10,17,20H,11H2,1-2H3. The van der Waals surface area contributed by atoms with Gasteiger partial charge in [-0.3, -0.25) is 4.72 Å². The van der Waals surface area contributed by atoms with Gasteiger partial charge >= 0.3 is 0 Å². The van der Waals surface area contributed by atoms with E-state index in [-0.39, 0.29) is 17.7 Å². The molecule has 0 aliphatic carbocycles. The second-order valence-electron chi connectivity index (χ2n) is 6.24. The zero-order chi connectivity index (χ0) is 19.8. The number of para-hydroxylation sites is 1. The van der Waals surface area contributed by atoms with Crippen molar-refractivity contribution in [1.82, 2.24) is 4.41 Å². The molecule has 0 bridgehead atoms. The third kappa shape index (κ3) is 4.28. The molecule has 1 aliphatic rings. The van der Waals surface area contributed by atoms with Gasteiger partial charge in [-0.2, -0.15) is 9.52 Å². The first-order valence-electron chi connectivity index (χ1n) is 7.95. The summed E-state index contributed by atoms with van der Waals surface area (Å²) < 4.78 is 65.2. The molecule has 2 aromatic rings. The number of anilines is 1. The molecule has 0 spiro atoms. The largest absolute Gasteiger partial charge is 0.283 e. The van der Waals surface area contributed by atoms with Crippen LogP contribution in [0, 0.1) is 5.82 Å². The highest BCUT2D eigenvalue weighted by Crippen LogP contribution is 2.37. The van der Waals surface area contributed by atoms with E-state index in [2.05, 4.69) is 9.82 Å². The molecule has 7 nitrogen and oxygen atoms in total. The molecule has 0 saturated carbocycles. The predicted octanol–water partition coefficient (Wildman–Crippen LogP) is 2.31. The average Bonchev–Trinajstić information content (AvgIpc) is 2.99. The van der Waals surface area contributed by atoms with Crippen molar-refractivity contribution in [3.05, 3.63) is 65.5 Å². The summed E-state index contributed by atoms with van der Waals surface area (Å²) in [4.78, 5) is 0. The van der Waals surface area contributed by atoms with Gasteiger partial charge in [-0.15, -0.1) is 0 Å². The zero-order valence-electron chi connectivity index (χ0n) is 14.6. The molecular weight excluding hydrogens is 393 g/mol. The molecule has 10 heteroatoms. The van der Waals surface area contributed by atoms with Gasteiger partial charge in [0.05, 0.1) is 30.0 Å². The molecule has 1 N–H and O–H groups in total. The van der Waals surface area contributed by atoms with Crippen molar-refractivity contribution in [3.63, 3.8) is 0 Å². The van der Waals surface area contributed by atoms with Crippen molar-refractivity contribution >= 4 is 31.4 Å². The third-order valence-corrected chi connectivity index (χ3v) is 5.62. The molecule has 3 rings (SSSR count). The Balaban J connectivity index is 2.08. The first-order chi connectivity index (χ1) is 12.6. The van der Waals surface area contributed by atoms with Crippen molar-refractivity contribution in [2.75, 3.05) is 17.2 Å². The fourth-order valence-electron chi connectivity index (χ4n) is 2.96. The molecule has 144 valence electrons. The predicted molar refractivity (Wildman–Crippen MR) is 102 cm³/mol. The second kappa shape index (κ2) is 6.93. The average molecular weight is 411 g/mol. The van der Waals surface area contributed by atoms with E-state index in [4.69, 9.17) is 0 Å². The summed E-state index contributed by atoms with van der Waals surface area (Å²) in [5.41, 5.74) is 1.27. The van der Waals surface area contributed by atoms with Crippen molar-refractivity contribution < 1.29 is 21.2 Å². The summed E-state index contributed by atoms with van der Waals surface area (Å²) in [6.45, 7) is 0. The van der Waals surface area contributed by atoms with Crippen molar-refractivity contribution in [3.8, 4) is 0 Å². The van der Waals surface area contributed by atoms with Gasteiger partial charge in [-0.25, -0.2) is 21.2 Å². The summed E-state index contributed by atoms with van der Waals surface area (Å²) >= 11 is 0. The van der Waals surface area contributed by atoms with Gasteiger partial charge in [0.2, 0.25) is 20.0 Å². The van der Waals surface area contributed by atoms with E-state index >= 15 is 0 Å². The van der Waals surface area contributed by atoms with Crippen molar-refractivity contribution in [2.45, 2.75) is 12.5 Å². The lowest BCUT2D eigenvalue weighted by molar-refractivity contribution is 0.365. The van der Waals surface area contributed by atoms with Crippen LogP contribution >= 0.6 is 0 Å². The topological polar surface area (TPSA) is 95.9 Å². The number of nitrogens with zero attached hydrogens (tertiary/aromatic N) is 2. The SMILES string of the molecule is CS(=O)(=O)Nc1ccccc1C1=NN(S(C)(=O)=O)C(c2ccccc2F)C1. The number of hydrogen-bond donors (Lipinski definition) is 1. The maximum absolute atomic E-state index is 14.3. The Bertz CT molecular complexity index is 1110. The van der Waals surface area contributed by atoms with Crippen LogP contribution < -0.4 is 4.72 Å². The molecule has 1 unspecified atom stereocenters. The number of sulfonamides is 2. The number of rotatable bonds is 5. The van der Waals surface area contributed by atoms with Crippen LogP contribution in [0.5, 0.6) is 0 Å². The van der Waals surface area contributed by atoms with Gasteiger partial charge in [0.25, 0.3) is 0 Å². The zero-order valence-corrected chi connectivity index (χ0v) is 16.3. The Labute approximate surface area is 157 Å². The monoisotopic (exact) mass is 411 g/mol. The molecule has 27 heavy (non-hydrogen) atoms. The Morgan fingerprint density at radius 3 is 2.30 bits per heavy atom. The first-order valence-corrected chi connectivity index (χ1v) is 11.7.